The number of nitrogens with one attached hydrogen (secondary N) is 1. The van der Waals surface area contributed by atoms with Gasteiger partial charge in [-0.1, -0.05) is 18.2 Å². The van der Waals surface area contributed by atoms with Crippen LogP contribution in [-0.4, -0.2) is 10.5 Å². The number of carbonyl (C=O) groups excluding carboxylic acids is 1. The van der Waals surface area contributed by atoms with E-state index in [2.05, 4.69) is 16.5 Å². The number of fused-ring (bicyclic) bond motifs is 1. The third kappa shape index (κ3) is 2.68. The number of benzene rings is 1. The first kappa shape index (κ1) is 15.8. The Kier molecular flexibility index (Phi) is 4.02. The van der Waals surface area contributed by atoms with Gasteiger partial charge in [-0.15, -0.1) is 0 Å². The Morgan fingerprint density at radius 3 is 2.83 bits per heavy atom. The van der Waals surface area contributed by atoms with E-state index in [1.807, 2.05) is 13.8 Å². The van der Waals surface area contributed by atoms with Crippen molar-refractivity contribution >= 4 is 28.8 Å². The second-order valence-corrected chi connectivity index (χ2v) is 6.32. The van der Waals surface area contributed by atoms with E-state index < -0.39 is 5.82 Å². The molecule has 2 aromatic rings. The lowest BCUT2D eigenvalue weighted by molar-refractivity contribution is 0.101. The maximum atomic E-state index is 13.2. The van der Waals surface area contributed by atoms with Crippen LogP contribution in [0.1, 0.15) is 40.7 Å². The predicted molar refractivity (Wildman–Crippen MR) is 91.6 cm³/mol. The molecule has 1 aliphatic heterocycles. The van der Waals surface area contributed by atoms with E-state index >= 15 is 0 Å². The van der Waals surface area contributed by atoms with Gasteiger partial charge in [-0.2, -0.15) is 0 Å². The molecule has 1 aromatic carbocycles. The van der Waals surface area contributed by atoms with Gasteiger partial charge in [0.05, 0.1) is 5.02 Å². The van der Waals surface area contributed by atoms with Crippen LogP contribution in [-0.2, 0) is 13.0 Å². The van der Waals surface area contributed by atoms with Crippen LogP contribution < -0.4 is 5.32 Å². The van der Waals surface area contributed by atoms with Gasteiger partial charge in [0, 0.05) is 23.5 Å². The molecule has 5 heteroatoms. The highest BCUT2D eigenvalue weighted by Crippen LogP contribution is 2.33. The second-order valence-electron chi connectivity index (χ2n) is 5.91. The number of nitrogens with zero attached hydrogens (tertiary/aromatic N) is 1. The number of aromatic nitrogens is 1. The SMILES string of the molecule is C=C(C)c1c(C)c(C(=O)Nc2ccc(F)c(Cl)c2)n2c1CCC2. The van der Waals surface area contributed by atoms with Gasteiger partial charge in [-0.25, -0.2) is 4.39 Å². The number of amides is 1. The van der Waals surface area contributed by atoms with Crippen molar-refractivity contribution in [3.05, 3.63) is 58.1 Å². The quantitative estimate of drug-likeness (QED) is 0.859. The first-order valence-corrected chi connectivity index (χ1v) is 7.92. The van der Waals surface area contributed by atoms with E-state index in [1.54, 1.807) is 0 Å². The van der Waals surface area contributed by atoms with Crippen LogP contribution in [0.3, 0.4) is 0 Å². The standard InChI is InChI=1S/C18H18ClFN2O/c1-10(2)16-11(3)17(22-8-4-5-15(16)22)18(23)21-12-6-7-14(20)13(19)9-12/h6-7,9H,1,4-5,8H2,2-3H3,(H,21,23). The summed E-state index contributed by atoms with van der Waals surface area (Å²) in [6, 6.07) is 4.16. The van der Waals surface area contributed by atoms with E-state index in [1.165, 1.54) is 23.9 Å². The van der Waals surface area contributed by atoms with E-state index in [0.29, 0.717) is 11.4 Å². The minimum atomic E-state index is -0.506. The van der Waals surface area contributed by atoms with Crippen LogP contribution >= 0.6 is 11.6 Å². The highest BCUT2D eigenvalue weighted by molar-refractivity contribution is 6.31. The number of rotatable bonds is 3. The Hall–Kier alpha value is -2.07. The largest absolute Gasteiger partial charge is 0.340 e. The van der Waals surface area contributed by atoms with Gasteiger partial charge in [-0.3, -0.25) is 4.79 Å². The molecular weight excluding hydrogens is 315 g/mol. The van der Waals surface area contributed by atoms with Crippen LogP contribution in [0.5, 0.6) is 0 Å². The van der Waals surface area contributed by atoms with Gasteiger partial charge in [-0.05, 0) is 56.0 Å². The Bertz CT molecular complexity index is 823. The summed E-state index contributed by atoms with van der Waals surface area (Å²) in [5, 5.41) is 2.80. The number of allylic oxidation sites excluding steroid dienone is 1. The number of carbonyl (C=O) groups is 1. The summed E-state index contributed by atoms with van der Waals surface area (Å²) in [5.74, 6) is -0.713. The average Bonchev–Trinajstić information content (AvgIpc) is 3.01. The summed E-state index contributed by atoms with van der Waals surface area (Å²) in [6.45, 7) is 8.77. The van der Waals surface area contributed by atoms with Crippen molar-refractivity contribution in [3.8, 4) is 0 Å². The molecule has 0 spiro atoms. The molecule has 1 N–H and O–H groups in total. The molecule has 1 aliphatic rings. The Morgan fingerprint density at radius 2 is 2.17 bits per heavy atom. The molecule has 1 aromatic heterocycles. The smallest absolute Gasteiger partial charge is 0.272 e. The van der Waals surface area contributed by atoms with E-state index in [-0.39, 0.29) is 10.9 Å². The molecule has 0 radical (unpaired) electrons. The molecule has 2 heterocycles. The molecule has 0 atom stereocenters. The molecule has 0 aliphatic carbocycles. The molecule has 0 saturated carbocycles. The highest BCUT2D eigenvalue weighted by Gasteiger charge is 2.27. The van der Waals surface area contributed by atoms with E-state index in [9.17, 15) is 9.18 Å². The van der Waals surface area contributed by atoms with Gasteiger partial charge < -0.3 is 9.88 Å². The predicted octanol–water partition coefficient (Wildman–Crippen LogP) is 4.82. The normalized spacial score (nSPS) is 13.0. The molecule has 0 unspecified atom stereocenters. The van der Waals surface area contributed by atoms with Crippen LogP contribution in [0.15, 0.2) is 24.8 Å². The van der Waals surface area contributed by atoms with Crippen LogP contribution in [0, 0.1) is 12.7 Å². The second kappa shape index (κ2) is 5.85. The van der Waals surface area contributed by atoms with Crippen molar-refractivity contribution in [1.82, 2.24) is 4.57 Å². The summed E-state index contributed by atoms with van der Waals surface area (Å²) in [5.41, 5.74) is 5.30. The Morgan fingerprint density at radius 1 is 1.43 bits per heavy atom. The minimum Gasteiger partial charge on any atom is -0.340 e. The molecule has 0 saturated heterocycles. The minimum absolute atomic E-state index is 0.0115. The molecule has 0 bridgehead atoms. The van der Waals surface area contributed by atoms with E-state index in [0.717, 1.165) is 36.1 Å². The molecular formula is C18H18ClFN2O. The molecule has 3 nitrogen and oxygen atoms in total. The van der Waals surface area contributed by atoms with Crippen molar-refractivity contribution in [2.45, 2.75) is 33.2 Å². The molecule has 0 fully saturated rings. The molecule has 3 rings (SSSR count). The molecule has 120 valence electrons. The van der Waals surface area contributed by atoms with Gasteiger partial charge in [0.15, 0.2) is 0 Å². The molecule has 23 heavy (non-hydrogen) atoms. The van der Waals surface area contributed by atoms with Gasteiger partial charge in [0.1, 0.15) is 11.5 Å². The first-order valence-electron chi connectivity index (χ1n) is 7.54. The van der Waals surface area contributed by atoms with Crippen LogP contribution in [0.4, 0.5) is 10.1 Å². The number of halogens is 2. The zero-order valence-electron chi connectivity index (χ0n) is 13.2. The summed E-state index contributed by atoms with van der Waals surface area (Å²) in [4.78, 5) is 12.7. The van der Waals surface area contributed by atoms with Gasteiger partial charge in [0.2, 0.25) is 0 Å². The van der Waals surface area contributed by atoms with Crippen molar-refractivity contribution < 1.29 is 9.18 Å². The number of anilines is 1. The van der Waals surface area contributed by atoms with E-state index in [4.69, 9.17) is 11.6 Å². The summed E-state index contributed by atoms with van der Waals surface area (Å²) in [7, 11) is 0. The average molecular weight is 333 g/mol. The van der Waals surface area contributed by atoms with Crippen LogP contribution in [0.2, 0.25) is 5.02 Å². The van der Waals surface area contributed by atoms with Gasteiger partial charge in [0.25, 0.3) is 5.91 Å². The fourth-order valence-electron chi connectivity index (χ4n) is 3.34. The first-order chi connectivity index (χ1) is 10.9. The van der Waals surface area contributed by atoms with Gasteiger partial charge >= 0.3 is 0 Å². The summed E-state index contributed by atoms with van der Waals surface area (Å²) < 4.78 is 15.3. The van der Waals surface area contributed by atoms with Crippen molar-refractivity contribution in [1.29, 1.82) is 0 Å². The summed E-state index contributed by atoms with van der Waals surface area (Å²) in [6.07, 6.45) is 1.98. The number of hydrogen-bond donors (Lipinski definition) is 1. The van der Waals surface area contributed by atoms with Crippen molar-refractivity contribution in [3.63, 3.8) is 0 Å². The topological polar surface area (TPSA) is 34.0 Å². The lowest BCUT2D eigenvalue weighted by atomic mass is 10.0. The summed E-state index contributed by atoms with van der Waals surface area (Å²) >= 11 is 5.77. The fraction of sp³-hybridized carbons (Fsp3) is 0.278. The monoisotopic (exact) mass is 332 g/mol. The van der Waals surface area contributed by atoms with Crippen molar-refractivity contribution in [2.75, 3.05) is 5.32 Å². The highest BCUT2D eigenvalue weighted by atomic mass is 35.5. The fourth-order valence-corrected chi connectivity index (χ4v) is 3.52. The zero-order chi connectivity index (χ0) is 16.7. The van der Waals surface area contributed by atoms with Crippen LogP contribution in [0.25, 0.3) is 5.57 Å². The maximum absolute atomic E-state index is 13.2. The third-order valence-corrected chi connectivity index (χ3v) is 4.52. The maximum Gasteiger partial charge on any atom is 0.272 e. The number of hydrogen-bond acceptors (Lipinski definition) is 1. The lowest BCUT2D eigenvalue weighted by Gasteiger charge is -2.09. The lowest BCUT2D eigenvalue weighted by Crippen LogP contribution is -2.17. The molecule has 1 amide bonds. The third-order valence-electron chi connectivity index (χ3n) is 4.23. The van der Waals surface area contributed by atoms with Crippen molar-refractivity contribution in [2.24, 2.45) is 0 Å². The Labute approximate surface area is 139 Å². The zero-order valence-corrected chi connectivity index (χ0v) is 13.9. The Balaban J connectivity index is 1.98.